The summed E-state index contributed by atoms with van der Waals surface area (Å²) in [6.45, 7) is 5.23. The molecule has 5 heteroatoms. The van der Waals surface area contributed by atoms with E-state index in [0.29, 0.717) is 18.4 Å². The van der Waals surface area contributed by atoms with Gasteiger partial charge in [-0.15, -0.1) is 10.2 Å². The Kier molecular flexibility index (Phi) is 4.97. The number of rotatable bonds is 4. The number of aromatic nitrogens is 3. The van der Waals surface area contributed by atoms with Gasteiger partial charge in [-0.1, -0.05) is 43.7 Å². The lowest BCUT2D eigenvalue weighted by atomic mass is 9.91. The Balaban J connectivity index is 1.74. The van der Waals surface area contributed by atoms with E-state index in [-0.39, 0.29) is 5.91 Å². The molecule has 1 aromatic heterocycles. The maximum atomic E-state index is 12.8. The van der Waals surface area contributed by atoms with E-state index in [1.165, 1.54) is 6.42 Å². The first-order valence-electron chi connectivity index (χ1n) is 8.83. The van der Waals surface area contributed by atoms with Gasteiger partial charge < -0.3 is 9.47 Å². The number of piperidine rings is 1. The zero-order valence-electron chi connectivity index (χ0n) is 14.8. The van der Waals surface area contributed by atoms with Gasteiger partial charge in [-0.2, -0.15) is 0 Å². The van der Waals surface area contributed by atoms with Crippen molar-refractivity contribution < 1.29 is 4.79 Å². The molecule has 5 nitrogen and oxygen atoms in total. The summed E-state index contributed by atoms with van der Waals surface area (Å²) in [5.41, 5.74) is 1.02. The van der Waals surface area contributed by atoms with Crippen molar-refractivity contribution in [1.29, 1.82) is 0 Å². The van der Waals surface area contributed by atoms with Crippen molar-refractivity contribution in [1.82, 2.24) is 19.7 Å². The third-order valence-corrected chi connectivity index (χ3v) is 5.18. The molecular weight excluding hydrogens is 300 g/mol. The molecule has 0 spiro atoms. The lowest BCUT2D eigenvalue weighted by molar-refractivity contribution is -0.135. The minimum absolute atomic E-state index is 0.163. The minimum atomic E-state index is 0.163. The fourth-order valence-corrected chi connectivity index (χ4v) is 3.45. The molecular formula is C19H26N4O. The topological polar surface area (TPSA) is 51.0 Å². The Hall–Kier alpha value is -2.17. The largest absolute Gasteiger partial charge is 0.339 e. The SMILES string of the molecule is CC[C@H]1CC[C@@H](C)N(C(=O)Cc2nnc(-c3ccccc3)n2C)C1. The molecule has 128 valence electrons. The van der Waals surface area contributed by atoms with Gasteiger partial charge in [0, 0.05) is 25.2 Å². The highest BCUT2D eigenvalue weighted by atomic mass is 16.2. The summed E-state index contributed by atoms with van der Waals surface area (Å²) in [5, 5.41) is 8.53. The first-order valence-corrected chi connectivity index (χ1v) is 8.83. The highest BCUT2D eigenvalue weighted by Crippen LogP contribution is 2.25. The summed E-state index contributed by atoms with van der Waals surface area (Å²) in [4.78, 5) is 14.8. The number of nitrogens with zero attached hydrogens (tertiary/aromatic N) is 4. The summed E-state index contributed by atoms with van der Waals surface area (Å²) in [6.07, 6.45) is 3.78. The number of amides is 1. The highest BCUT2D eigenvalue weighted by molar-refractivity contribution is 5.78. The molecule has 0 unspecified atom stereocenters. The summed E-state index contributed by atoms with van der Waals surface area (Å²) >= 11 is 0. The van der Waals surface area contributed by atoms with Gasteiger partial charge in [0.05, 0.1) is 6.42 Å². The number of hydrogen-bond donors (Lipinski definition) is 0. The van der Waals surface area contributed by atoms with Crippen LogP contribution < -0.4 is 0 Å². The molecule has 2 heterocycles. The van der Waals surface area contributed by atoms with Crippen molar-refractivity contribution in [2.24, 2.45) is 13.0 Å². The smallest absolute Gasteiger partial charge is 0.230 e. The third-order valence-electron chi connectivity index (χ3n) is 5.18. The van der Waals surface area contributed by atoms with Gasteiger partial charge in [-0.3, -0.25) is 4.79 Å². The Morgan fingerprint density at radius 3 is 2.67 bits per heavy atom. The Bertz CT molecular complexity index is 695. The number of carbonyl (C=O) groups excluding carboxylic acids is 1. The quantitative estimate of drug-likeness (QED) is 0.867. The molecule has 0 radical (unpaired) electrons. The lowest BCUT2D eigenvalue weighted by Gasteiger charge is -2.37. The summed E-state index contributed by atoms with van der Waals surface area (Å²) < 4.78 is 1.93. The molecule has 0 bridgehead atoms. The van der Waals surface area contributed by atoms with Gasteiger partial charge in [0.1, 0.15) is 5.82 Å². The van der Waals surface area contributed by atoms with Crippen LogP contribution in [0.3, 0.4) is 0 Å². The zero-order chi connectivity index (χ0) is 17.1. The minimum Gasteiger partial charge on any atom is -0.339 e. The lowest BCUT2D eigenvalue weighted by Crippen LogP contribution is -2.46. The second-order valence-corrected chi connectivity index (χ2v) is 6.79. The van der Waals surface area contributed by atoms with Crippen molar-refractivity contribution in [3.05, 3.63) is 36.2 Å². The number of carbonyl (C=O) groups is 1. The fourth-order valence-electron chi connectivity index (χ4n) is 3.45. The van der Waals surface area contributed by atoms with Gasteiger partial charge >= 0.3 is 0 Å². The molecule has 0 aliphatic carbocycles. The molecule has 2 aromatic rings. The van der Waals surface area contributed by atoms with Crippen LogP contribution in [-0.2, 0) is 18.3 Å². The van der Waals surface area contributed by atoms with Crippen LogP contribution in [0.25, 0.3) is 11.4 Å². The van der Waals surface area contributed by atoms with Crippen LogP contribution in [0.5, 0.6) is 0 Å². The van der Waals surface area contributed by atoms with E-state index in [1.807, 2.05) is 46.8 Å². The van der Waals surface area contributed by atoms with Crippen LogP contribution in [-0.4, -0.2) is 38.2 Å². The number of likely N-dealkylation sites (tertiary alicyclic amines) is 1. The Morgan fingerprint density at radius 1 is 1.21 bits per heavy atom. The predicted molar refractivity (Wildman–Crippen MR) is 94.3 cm³/mol. The van der Waals surface area contributed by atoms with Crippen LogP contribution in [0.1, 0.15) is 38.9 Å². The van der Waals surface area contributed by atoms with E-state index in [9.17, 15) is 4.79 Å². The monoisotopic (exact) mass is 326 g/mol. The average Bonchev–Trinajstić information content (AvgIpc) is 2.96. The zero-order valence-corrected chi connectivity index (χ0v) is 14.8. The van der Waals surface area contributed by atoms with Crippen LogP contribution in [0.2, 0.25) is 0 Å². The molecule has 1 fully saturated rings. The number of benzene rings is 1. The molecule has 24 heavy (non-hydrogen) atoms. The molecule has 0 saturated carbocycles. The molecule has 1 saturated heterocycles. The van der Waals surface area contributed by atoms with Crippen molar-refractivity contribution >= 4 is 5.91 Å². The first-order chi connectivity index (χ1) is 11.6. The van der Waals surface area contributed by atoms with Gasteiger partial charge in [0.2, 0.25) is 5.91 Å². The van der Waals surface area contributed by atoms with E-state index >= 15 is 0 Å². The fraction of sp³-hybridized carbons (Fsp3) is 0.526. The first kappa shape index (κ1) is 16.7. The molecule has 0 N–H and O–H groups in total. The molecule has 1 amide bonds. The van der Waals surface area contributed by atoms with Crippen molar-refractivity contribution in [3.63, 3.8) is 0 Å². The summed E-state index contributed by atoms with van der Waals surface area (Å²) in [6, 6.07) is 10.3. The highest BCUT2D eigenvalue weighted by Gasteiger charge is 2.29. The second-order valence-electron chi connectivity index (χ2n) is 6.79. The molecule has 1 aliphatic heterocycles. The standard InChI is InChI=1S/C19H26N4O/c1-4-15-11-10-14(2)23(13-15)18(24)12-17-20-21-19(22(17)3)16-8-6-5-7-9-16/h5-9,14-15H,4,10-13H2,1-3H3/t14-,15+/m1/s1. The molecule has 3 rings (SSSR count). The van der Waals surface area contributed by atoms with Gasteiger partial charge in [-0.05, 0) is 25.7 Å². The van der Waals surface area contributed by atoms with E-state index in [4.69, 9.17) is 0 Å². The average molecular weight is 326 g/mol. The normalized spacial score (nSPS) is 21.0. The van der Waals surface area contributed by atoms with Gasteiger partial charge in [-0.25, -0.2) is 0 Å². The van der Waals surface area contributed by atoms with Gasteiger partial charge in [0.25, 0.3) is 0 Å². The molecule has 1 aromatic carbocycles. The Morgan fingerprint density at radius 2 is 1.96 bits per heavy atom. The summed E-state index contributed by atoms with van der Waals surface area (Å²) in [7, 11) is 1.93. The van der Waals surface area contributed by atoms with Crippen molar-refractivity contribution in [2.75, 3.05) is 6.54 Å². The van der Waals surface area contributed by atoms with Crippen LogP contribution in [0.4, 0.5) is 0 Å². The van der Waals surface area contributed by atoms with E-state index in [2.05, 4.69) is 24.0 Å². The maximum absolute atomic E-state index is 12.8. The van der Waals surface area contributed by atoms with Crippen LogP contribution >= 0.6 is 0 Å². The van der Waals surface area contributed by atoms with E-state index < -0.39 is 0 Å². The summed E-state index contributed by atoms with van der Waals surface area (Å²) in [5.74, 6) is 2.32. The van der Waals surface area contributed by atoms with Crippen molar-refractivity contribution in [2.45, 2.75) is 45.6 Å². The van der Waals surface area contributed by atoms with Crippen LogP contribution in [0, 0.1) is 5.92 Å². The van der Waals surface area contributed by atoms with E-state index in [1.54, 1.807) is 0 Å². The molecule has 2 atom stereocenters. The maximum Gasteiger partial charge on any atom is 0.230 e. The molecule has 1 aliphatic rings. The van der Waals surface area contributed by atoms with Crippen LogP contribution in [0.15, 0.2) is 30.3 Å². The predicted octanol–water partition coefficient (Wildman–Crippen LogP) is 3.06. The van der Waals surface area contributed by atoms with E-state index in [0.717, 1.165) is 36.6 Å². The third kappa shape index (κ3) is 3.35. The Labute approximate surface area is 143 Å². The van der Waals surface area contributed by atoms with Crippen molar-refractivity contribution in [3.8, 4) is 11.4 Å². The second kappa shape index (κ2) is 7.16. The van der Waals surface area contributed by atoms with Gasteiger partial charge in [0.15, 0.2) is 5.82 Å². The number of hydrogen-bond acceptors (Lipinski definition) is 3.